The van der Waals surface area contributed by atoms with Gasteiger partial charge in [-0.15, -0.1) is 13.2 Å². The lowest BCUT2D eigenvalue weighted by atomic mass is 10.1. The van der Waals surface area contributed by atoms with Gasteiger partial charge in [-0.1, -0.05) is 0 Å². The first-order chi connectivity index (χ1) is 6.42. The van der Waals surface area contributed by atoms with Crippen molar-refractivity contribution in [1.29, 1.82) is 5.26 Å². The van der Waals surface area contributed by atoms with Crippen LogP contribution < -0.4 is 4.74 Å². The van der Waals surface area contributed by atoms with Crippen LogP contribution in [0.25, 0.3) is 0 Å². The van der Waals surface area contributed by atoms with Crippen LogP contribution in [-0.2, 0) is 0 Å². The lowest BCUT2D eigenvalue weighted by Gasteiger charge is -2.10. The monoisotopic (exact) mass is 201 g/mol. The molecule has 0 aromatic heterocycles. The number of ether oxygens (including phenoxy) is 1. The first kappa shape index (κ1) is 10.4. The lowest BCUT2D eigenvalue weighted by molar-refractivity contribution is -0.274. The van der Waals surface area contributed by atoms with Crippen LogP contribution in [0.15, 0.2) is 18.2 Å². The van der Waals surface area contributed by atoms with Crippen LogP contribution in [0.5, 0.6) is 5.75 Å². The van der Waals surface area contributed by atoms with E-state index < -0.39 is 6.36 Å². The maximum absolute atomic E-state index is 11.8. The van der Waals surface area contributed by atoms with Crippen LogP contribution in [0, 0.1) is 18.3 Å². The van der Waals surface area contributed by atoms with Gasteiger partial charge in [-0.2, -0.15) is 5.26 Å². The van der Waals surface area contributed by atoms with Crippen molar-refractivity contribution in [2.45, 2.75) is 13.3 Å². The summed E-state index contributed by atoms with van der Waals surface area (Å²) in [6, 6.07) is 5.55. The van der Waals surface area contributed by atoms with E-state index in [1.807, 2.05) is 6.07 Å². The van der Waals surface area contributed by atoms with E-state index in [-0.39, 0.29) is 11.3 Å². The van der Waals surface area contributed by atoms with Gasteiger partial charge in [0.1, 0.15) is 5.75 Å². The van der Waals surface area contributed by atoms with Gasteiger partial charge in [0.05, 0.1) is 11.6 Å². The summed E-state index contributed by atoms with van der Waals surface area (Å²) in [6.07, 6.45) is -4.70. The summed E-state index contributed by atoms with van der Waals surface area (Å²) in [6.45, 7) is 1.45. The zero-order valence-electron chi connectivity index (χ0n) is 7.22. The second-order valence-electron chi connectivity index (χ2n) is 2.64. The topological polar surface area (TPSA) is 33.0 Å². The van der Waals surface area contributed by atoms with Crippen molar-refractivity contribution >= 4 is 0 Å². The molecule has 74 valence electrons. The molecule has 0 unspecified atom stereocenters. The Morgan fingerprint density at radius 2 is 2.00 bits per heavy atom. The van der Waals surface area contributed by atoms with Gasteiger partial charge < -0.3 is 4.74 Å². The van der Waals surface area contributed by atoms with Gasteiger partial charge in [0.15, 0.2) is 0 Å². The molecule has 0 saturated carbocycles. The molecule has 1 aromatic rings. The zero-order valence-corrected chi connectivity index (χ0v) is 7.22. The molecule has 0 atom stereocenters. The number of nitrogens with zero attached hydrogens (tertiary/aromatic N) is 1. The van der Waals surface area contributed by atoms with E-state index in [4.69, 9.17) is 5.26 Å². The number of hydrogen-bond donors (Lipinski definition) is 0. The Morgan fingerprint density at radius 3 is 2.43 bits per heavy atom. The van der Waals surface area contributed by atoms with Crippen LogP contribution in [0.1, 0.15) is 11.1 Å². The summed E-state index contributed by atoms with van der Waals surface area (Å²) in [5.41, 5.74) is 0.582. The van der Waals surface area contributed by atoms with Crippen molar-refractivity contribution in [3.8, 4) is 11.8 Å². The number of halogens is 3. The van der Waals surface area contributed by atoms with Crippen LogP contribution in [0.4, 0.5) is 13.2 Å². The highest BCUT2D eigenvalue weighted by Crippen LogP contribution is 2.26. The average Bonchev–Trinajstić information content (AvgIpc) is 2.06. The third kappa shape index (κ3) is 2.66. The summed E-state index contributed by atoms with van der Waals surface area (Å²) < 4.78 is 39.2. The van der Waals surface area contributed by atoms with Crippen LogP contribution in [0.3, 0.4) is 0 Å². The first-order valence-corrected chi connectivity index (χ1v) is 3.69. The average molecular weight is 201 g/mol. The molecule has 0 aliphatic carbocycles. The molecule has 5 heteroatoms. The number of hydrogen-bond acceptors (Lipinski definition) is 2. The van der Waals surface area contributed by atoms with Gasteiger partial charge in [-0.25, -0.2) is 0 Å². The Bertz CT molecular complexity index is 379. The molecule has 2 nitrogen and oxygen atoms in total. The fourth-order valence-corrected chi connectivity index (χ4v) is 0.958. The van der Waals surface area contributed by atoms with E-state index in [0.717, 1.165) is 6.07 Å². The van der Waals surface area contributed by atoms with Gasteiger partial charge in [-0.05, 0) is 30.7 Å². The molecule has 1 rings (SSSR count). The number of nitriles is 1. The number of benzene rings is 1. The second-order valence-corrected chi connectivity index (χ2v) is 2.64. The van der Waals surface area contributed by atoms with E-state index in [1.54, 1.807) is 0 Å². The van der Waals surface area contributed by atoms with Gasteiger partial charge >= 0.3 is 6.36 Å². The summed E-state index contributed by atoms with van der Waals surface area (Å²) in [7, 11) is 0. The molecule has 14 heavy (non-hydrogen) atoms. The summed E-state index contributed by atoms with van der Waals surface area (Å²) in [4.78, 5) is 0. The van der Waals surface area contributed by atoms with Crippen molar-refractivity contribution in [2.24, 2.45) is 0 Å². The second kappa shape index (κ2) is 3.58. The Kier molecular flexibility index (Phi) is 2.65. The molecule has 0 N–H and O–H groups in total. The first-order valence-electron chi connectivity index (χ1n) is 3.69. The minimum atomic E-state index is -4.70. The Morgan fingerprint density at radius 1 is 1.36 bits per heavy atom. The molecular formula is C9H6F3NO. The smallest absolute Gasteiger partial charge is 0.406 e. The van der Waals surface area contributed by atoms with E-state index in [2.05, 4.69) is 4.74 Å². The predicted molar refractivity (Wildman–Crippen MR) is 42.6 cm³/mol. The van der Waals surface area contributed by atoms with E-state index >= 15 is 0 Å². The number of rotatable bonds is 1. The quantitative estimate of drug-likeness (QED) is 0.699. The third-order valence-corrected chi connectivity index (χ3v) is 1.53. The number of aryl methyl sites for hydroxylation is 1. The molecule has 0 aliphatic rings. The highest BCUT2D eigenvalue weighted by Gasteiger charge is 2.31. The van der Waals surface area contributed by atoms with Gasteiger partial charge in [-0.3, -0.25) is 0 Å². The molecule has 0 fully saturated rings. The molecule has 0 bridgehead atoms. The van der Waals surface area contributed by atoms with Crippen LogP contribution in [0.2, 0.25) is 0 Å². The summed E-state index contributed by atoms with van der Waals surface area (Å²) in [5, 5.41) is 8.47. The molecule has 0 radical (unpaired) electrons. The third-order valence-electron chi connectivity index (χ3n) is 1.53. The van der Waals surface area contributed by atoms with Crippen LogP contribution >= 0.6 is 0 Å². The zero-order chi connectivity index (χ0) is 10.8. The SMILES string of the molecule is Cc1cc(C#N)ccc1OC(F)(F)F. The standard InChI is InChI=1S/C9H6F3NO/c1-6-4-7(5-13)2-3-8(6)14-9(10,11)12/h2-4H,1H3. The van der Waals surface area contributed by atoms with Crippen molar-refractivity contribution in [1.82, 2.24) is 0 Å². The molecule has 0 saturated heterocycles. The normalized spacial score (nSPS) is 10.8. The van der Waals surface area contributed by atoms with Gasteiger partial charge in [0, 0.05) is 0 Å². The van der Waals surface area contributed by atoms with Crippen molar-refractivity contribution in [2.75, 3.05) is 0 Å². The van der Waals surface area contributed by atoms with E-state index in [0.29, 0.717) is 5.56 Å². The molecule has 1 aromatic carbocycles. The minimum Gasteiger partial charge on any atom is -0.406 e. The summed E-state index contributed by atoms with van der Waals surface area (Å²) >= 11 is 0. The Hall–Kier alpha value is -1.70. The number of alkyl halides is 3. The minimum absolute atomic E-state index is 0.279. The Balaban J connectivity index is 2.97. The van der Waals surface area contributed by atoms with Crippen molar-refractivity contribution in [3.63, 3.8) is 0 Å². The fourth-order valence-electron chi connectivity index (χ4n) is 0.958. The molecular weight excluding hydrogens is 195 g/mol. The molecule has 0 heterocycles. The van der Waals surface area contributed by atoms with Crippen molar-refractivity contribution < 1.29 is 17.9 Å². The molecule has 0 spiro atoms. The maximum Gasteiger partial charge on any atom is 0.573 e. The van der Waals surface area contributed by atoms with E-state index in [1.165, 1.54) is 19.1 Å². The molecule has 0 aliphatic heterocycles. The predicted octanol–water partition coefficient (Wildman–Crippen LogP) is 2.77. The Labute approximate surface area is 78.5 Å². The molecule has 0 amide bonds. The lowest BCUT2D eigenvalue weighted by Crippen LogP contribution is -2.17. The largest absolute Gasteiger partial charge is 0.573 e. The fraction of sp³-hybridized carbons (Fsp3) is 0.222. The highest BCUT2D eigenvalue weighted by molar-refractivity contribution is 5.41. The van der Waals surface area contributed by atoms with Gasteiger partial charge in [0.25, 0.3) is 0 Å². The van der Waals surface area contributed by atoms with Gasteiger partial charge in [0.2, 0.25) is 0 Å². The van der Waals surface area contributed by atoms with Crippen molar-refractivity contribution in [3.05, 3.63) is 29.3 Å². The maximum atomic E-state index is 11.8. The van der Waals surface area contributed by atoms with E-state index in [9.17, 15) is 13.2 Å². The van der Waals surface area contributed by atoms with Crippen LogP contribution in [-0.4, -0.2) is 6.36 Å². The summed E-state index contributed by atoms with van der Waals surface area (Å²) in [5.74, 6) is -0.281. The highest BCUT2D eigenvalue weighted by atomic mass is 19.4.